The molecule has 0 amide bonds. The van der Waals surface area contributed by atoms with E-state index in [1.807, 2.05) is 0 Å². The number of rotatable bonds is 3. The SMILES string of the molecule is NCCC(=O)c1coc2cccnc12. The lowest BCUT2D eigenvalue weighted by molar-refractivity contribution is 0.0986. The third kappa shape index (κ3) is 1.40. The minimum absolute atomic E-state index is 0.0232. The molecule has 0 unspecified atom stereocenters. The van der Waals surface area contributed by atoms with Gasteiger partial charge in [-0.05, 0) is 18.7 Å². The third-order valence-corrected chi connectivity index (χ3v) is 2.00. The van der Waals surface area contributed by atoms with Crippen LogP contribution in [-0.2, 0) is 0 Å². The molecule has 0 saturated carbocycles. The van der Waals surface area contributed by atoms with Crippen LogP contribution >= 0.6 is 0 Å². The number of furan rings is 1. The van der Waals surface area contributed by atoms with Gasteiger partial charge in [-0.25, -0.2) is 0 Å². The summed E-state index contributed by atoms with van der Waals surface area (Å²) in [6.45, 7) is 0.346. The van der Waals surface area contributed by atoms with Gasteiger partial charge in [0.2, 0.25) is 0 Å². The van der Waals surface area contributed by atoms with Crippen molar-refractivity contribution in [2.24, 2.45) is 5.73 Å². The minimum atomic E-state index is -0.0232. The van der Waals surface area contributed by atoms with Crippen LogP contribution in [0.4, 0.5) is 0 Å². The van der Waals surface area contributed by atoms with Crippen LogP contribution in [0.2, 0.25) is 0 Å². The molecule has 2 rings (SSSR count). The number of hydrogen-bond acceptors (Lipinski definition) is 4. The maximum atomic E-state index is 11.5. The zero-order chi connectivity index (χ0) is 9.97. The number of nitrogens with zero attached hydrogens (tertiary/aromatic N) is 1. The van der Waals surface area contributed by atoms with Gasteiger partial charge in [0.25, 0.3) is 0 Å². The Morgan fingerprint density at radius 1 is 1.57 bits per heavy atom. The molecule has 72 valence electrons. The molecular weight excluding hydrogens is 180 g/mol. The van der Waals surface area contributed by atoms with Gasteiger partial charge in [0.05, 0.1) is 5.56 Å². The van der Waals surface area contributed by atoms with Crippen LogP contribution in [0, 0.1) is 0 Å². The van der Waals surface area contributed by atoms with Crippen LogP contribution in [-0.4, -0.2) is 17.3 Å². The number of carbonyl (C=O) groups is 1. The van der Waals surface area contributed by atoms with Crippen LogP contribution in [0.5, 0.6) is 0 Å². The molecule has 0 atom stereocenters. The Morgan fingerprint density at radius 2 is 2.43 bits per heavy atom. The lowest BCUT2D eigenvalue weighted by Gasteiger charge is -1.93. The number of Topliss-reactive ketones (excluding diaryl/α,β-unsaturated/α-hetero) is 1. The predicted molar refractivity (Wildman–Crippen MR) is 52.0 cm³/mol. The average Bonchev–Trinajstić information content (AvgIpc) is 2.61. The van der Waals surface area contributed by atoms with Gasteiger partial charge in [-0.3, -0.25) is 9.78 Å². The topological polar surface area (TPSA) is 69.1 Å². The van der Waals surface area contributed by atoms with Gasteiger partial charge in [0.15, 0.2) is 11.4 Å². The quantitative estimate of drug-likeness (QED) is 0.742. The van der Waals surface area contributed by atoms with Crippen molar-refractivity contribution in [3.63, 3.8) is 0 Å². The molecule has 2 aromatic heterocycles. The summed E-state index contributed by atoms with van der Waals surface area (Å²) in [5.74, 6) is -0.0232. The Kier molecular flexibility index (Phi) is 2.28. The van der Waals surface area contributed by atoms with Crippen molar-refractivity contribution in [1.82, 2.24) is 4.98 Å². The van der Waals surface area contributed by atoms with Crippen molar-refractivity contribution in [2.45, 2.75) is 6.42 Å². The Bertz CT molecular complexity index is 462. The molecule has 0 saturated heterocycles. The molecule has 0 spiro atoms. The molecule has 0 fully saturated rings. The first-order valence-corrected chi connectivity index (χ1v) is 4.38. The Morgan fingerprint density at radius 3 is 3.21 bits per heavy atom. The average molecular weight is 190 g/mol. The molecule has 2 N–H and O–H groups in total. The Labute approximate surface area is 80.7 Å². The first-order valence-electron chi connectivity index (χ1n) is 4.38. The standard InChI is InChI=1S/C10H10N2O2/c11-4-3-8(13)7-6-14-9-2-1-5-12-10(7)9/h1-2,5-6H,3-4,11H2. The zero-order valence-corrected chi connectivity index (χ0v) is 7.56. The molecule has 0 aliphatic heterocycles. The highest BCUT2D eigenvalue weighted by atomic mass is 16.3. The fourth-order valence-corrected chi connectivity index (χ4v) is 1.33. The van der Waals surface area contributed by atoms with E-state index in [1.165, 1.54) is 6.26 Å². The molecule has 0 bridgehead atoms. The molecule has 0 radical (unpaired) electrons. The Balaban J connectivity index is 2.47. The largest absolute Gasteiger partial charge is 0.462 e. The number of pyridine rings is 1. The highest BCUT2D eigenvalue weighted by molar-refractivity contribution is 6.05. The van der Waals surface area contributed by atoms with Crippen LogP contribution in [0.15, 0.2) is 29.0 Å². The van der Waals surface area contributed by atoms with E-state index >= 15 is 0 Å². The maximum Gasteiger partial charge on any atom is 0.169 e. The number of aromatic nitrogens is 1. The van der Waals surface area contributed by atoms with Crippen LogP contribution in [0.25, 0.3) is 11.1 Å². The van der Waals surface area contributed by atoms with Crippen molar-refractivity contribution >= 4 is 16.9 Å². The fraction of sp³-hybridized carbons (Fsp3) is 0.200. The van der Waals surface area contributed by atoms with Gasteiger partial charge >= 0.3 is 0 Å². The van der Waals surface area contributed by atoms with Crippen LogP contribution in [0.1, 0.15) is 16.8 Å². The highest BCUT2D eigenvalue weighted by Crippen LogP contribution is 2.19. The van der Waals surface area contributed by atoms with Crippen molar-refractivity contribution in [3.05, 3.63) is 30.2 Å². The summed E-state index contributed by atoms with van der Waals surface area (Å²) in [5.41, 5.74) is 7.08. The molecule has 2 heterocycles. The van der Waals surface area contributed by atoms with Gasteiger partial charge < -0.3 is 10.2 Å². The van der Waals surface area contributed by atoms with Gasteiger partial charge in [-0.2, -0.15) is 0 Å². The molecule has 0 aliphatic rings. The van der Waals surface area contributed by atoms with Gasteiger partial charge in [0, 0.05) is 12.6 Å². The third-order valence-electron chi connectivity index (χ3n) is 2.00. The van der Waals surface area contributed by atoms with E-state index in [9.17, 15) is 4.79 Å². The normalized spacial score (nSPS) is 10.6. The lowest BCUT2D eigenvalue weighted by Crippen LogP contribution is -2.07. The fourth-order valence-electron chi connectivity index (χ4n) is 1.33. The number of hydrogen-bond donors (Lipinski definition) is 1. The van der Waals surface area contributed by atoms with Gasteiger partial charge in [-0.1, -0.05) is 0 Å². The van der Waals surface area contributed by atoms with Crippen LogP contribution in [0.3, 0.4) is 0 Å². The lowest BCUT2D eigenvalue weighted by atomic mass is 10.1. The smallest absolute Gasteiger partial charge is 0.169 e. The van der Waals surface area contributed by atoms with Crippen LogP contribution < -0.4 is 5.73 Å². The van der Waals surface area contributed by atoms with E-state index in [2.05, 4.69) is 4.98 Å². The number of carbonyl (C=O) groups excluding carboxylic acids is 1. The van der Waals surface area contributed by atoms with E-state index in [0.717, 1.165) is 0 Å². The molecule has 14 heavy (non-hydrogen) atoms. The van der Waals surface area contributed by atoms with E-state index in [0.29, 0.717) is 29.6 Å². The summed E-state index contributed by atoms with van der Waals surface area (Å²) >= 11 is 0. The number of nitrogens with two attached hydrogens (primary N) is 1. The van der Waals surface area contributed by atoms with Gasteiger partial charge in [-0.15, -0.1) is 0 Å². The van der Waals surface area contributed by atoms with Crippen molar-refractivity contribution in [1.29, 1.82) is 0 Å². The van der Waals surface area contributed by atoms with E-state index in [1.54, 1.807) is 18.3 Å². The maximum absolute atomic E-state index is 11.5. The molecule has 4 nitrogen and oxygen atoms in total. The summed E-state index contributed by atoms with van der Waals surface area (Å²) in [4.78, 5) is 15.6. The van der Waals surface area contributed by atoms with Crippen molar-refractivity contribution in [3.8, 4) is 0 Å². The van der Waals surface area contributed by atoms with Crippen molar-refractivity contribution < 1.29 is 9.21 Å². The second-order valence-electron chi connectivity index (χ2n) is 2.96. The molecule has 0 aromatic carbocycles. The monoisotopic (exact) mass is 190 g/mol. The minimum Gasteiger partial charge on any atom is -0.462 e. The van der Waals surface area contributed by atoms with Crippen molar-refractivity contribution in [2.75, 3.05) is 6.54 Å². The Hall–Kier alpha value is -1.68. The first-order chi connectivity index (χ1) is 6.83. The number of fused-ring (bicyclic) bond motifs is 1. The summed E-state index contributed by atoms with van der Waals surface area (Å²) in [6, 6.07) is 3.55. The summed E-state index contributed by atoms with van der Waals surface area (Å²) < 4.78 is 5.19. The van der Waals surface area contributed by atoms with E-state index in [-0.39, 0.29) is 5.78 Å². The molecular formula is C10H10N2O2. The zero-order valence-electron chi connectivity index (χ0n) is 7.56. The highest BCUT2D eigenvalue weighted by Gasteiger charge is 2.13. The number of ketones is 1. The molecule has 4 heteroatoms. The summed E-state index contributed by atoms with van der Waals surface area (Å²) in [6.07, 6.45) is 3.40. The van der Waals surface area contributed by atoms with Gasteiger partial charge in [0.1, 0.15) is 11.8 Å². The summed E-state index contributed by atoms with van der Waals surface area (Å²) in [5, 5.41) is 0. The predicted octanol–water partition coefficient (Wildman–Crippen LogP) is 1.36. The molecule has 2 aromatic rings. The molecule has 0 aliphatic carbocycles. The second kappa shape index (κ2) is 3.59. The first kappa shape index (κ1) is 8.90. The van der Waals surface area contributed by atoms with E-state index < -0.39 is 0 Å². The summed E-state index contributed by atoms with van der Waals surface area (Å²) in [7, 11) is 0. The van der Waals surface area contributed by atoms with E-state index in [4.69, 9.17) is 10.2 Å². The second-order valence-corrected chi connectivity index (χ2v) is 2.96.